The van der Waals surface area contributed by atoms with Crippen LogP contribution in [0, 0.1) is 24.7 Å². The molecule has 0 N–H and O–H groups in total. The monoisotopic (exact) mass is 202 g/mol. The van der Waals surface area contributed by atoms with Crippen molar-refractivity contribution in [3.63, 3.8) is 0 Å². The Kier molecular flexibility index (Phi) is 3.74. The van der Waals surface area contributed by atoms with Crippen molar-refractivity contribution in [3.8, 4) is 24.7 Å². The average Bonchev–Trinajstić information content (AvgIpc) is 2.47. The Morgan fingerprint density at radius 3 is 1.73 bits per heavy atom. The van der Waals surface area contributed by atoms with E-state index in [1.54, 1.807) is 24.3 Å². The van der Waals surface area contributed by atoms with Gasteiger partial charge in [0.15, 0.2) is 5.79 Å². The van der Waals surface area contributed by atoms with E-state index in [4.69, 9.17) is 22.3 Å². The maximum Gasteiger partial charge on any atom is 0.164 e. The maximum atomic E-state index is 5.64. The smallest absolute Gasteiger partial charge is 0.164 e. The van der Waals surface area contributed by atoms with Gasteiger partial charge in [-0.1, -0.05) is 11.8 Å². The molecule has 1 aliphatic heterocycles. The van der Waals surface area contributed by atoms with Crippen LogP contribution in [0.2, 0.25) is 0 Å². The average molecular weight is 202 g/mol. The maximum absolute atomic E-state index is 5.64. The van der Waals surface area contributed by atoms with E-state index in [9.17, 15) is 0 Å². The van der Waals surface area contributed by atoms with Crippen LogP contribution >= 0.6 is 0 Å². The summed E-state index contributed by atoms with van der Waals surface area (Å²) in [6.45, 7) is 3.71. The van der Waals surface area contributed by atoms with E-state index in [2.05, 4.69) is 11.8 Å². The van der Waals surface area contributed by atoms with Crippen molar-refractivity contribution in [1.29, 1.82) is 0 Å². The van der Waals surface area contributed by atoms with Gasteiger partial charge in [0, 0.05) is 0 Å². The first-order chi connectivity index (χ1) is 7.09. The van der Waals surface area contributed by atoms with E-state index in [0.29, 0.717) is 0 Å². The second-order valence-corrected chi connectivity index (χ2v) is 3.62. The minimum absolute atomic E-state index is 0.180. The zero-order chi connectivity index (χ0) is 11.3. The molecule has 15 heavy (non-hydrogen) atoms. The van der Waals surface area contributed by atoms with Crippen LogP contribution in [0.5, 0.6) is 0 Å². The standard InChI is InChI=1S/C13H14O2/c1-5-7-9-11-12(10-8-6-2)15-13(3,4)14-11/h1-2,7-12H,3-4H3/b9-7+,10-8+/t11-,12-/m0/s1. The van der Waals surface area contributed by atoms with Crippen LogP contribution in [0.15, 0.2) is 24.3 Å². The second kappa shape index (κ2) is 4.84. The number of ether oxygens (including phenoxy) is 2. The summed E-state index contributed by atoms with van der Waals surface area (Å²) in [5.74, 6) is 4.23. The Bertz CT molecular complexity index is 316. The minimum Gasteiger partial charge on any atom is -0.340 e. The molecule has 2 heteroatoms. The lowest BCUT2D eigenvalue weighted by molar-refractivity contribution is -0.138. The Balaban J connectivity index is 2.76. The van der Waals surface area contributed by atoms with Gasteiger partial charge >= 0.3 is 0 Å². The highest BCUT2D eigenvalue weighted by Crippen LogP contribution is 2.29. The van der Waals surface area contributed by atoms with Crippen LogP contribution in [-0.2, 0) is 9.47 Å². The highest BCUT2D eigenvalue weighted by molar-refractivity contribution is 5.18. The molecule has 0 aliphatic carbocycles. The Morgan fingerprint density at radius 2 is 1.40 bits per heavy atom. The van der Waals surface area contributed by atoms with Crippen molar-refractivity contribution in [2.24, 2.45) is 0 Å². The molecule has 0 amide bonds. The third-order valence-corrected chi connectivity index (χ3v) is 1.93. The molecule has 0 aromatic carbocycles. The zero-order valence-corrected chi connectivity index (χ0v) is 8.94. The van der Waals surface area contributed by atoms with Crippen LogP contribution in [0.25, 0.3) is 0 Å². The Hall–Kier alpha value is -1.48. The molecule has 0 radical (unpaired) electrons. The fraction of sp³-hybridized carbons (Fsp3) is 0.385. The van der Waals surface area contributed by atoms with E-state index < -0.39 is 5.79 Å². The van der Waals surface area contributed by atoms with Crippen LogP contribution in [0.1, 0.15) is 13.8 Å². The van der Waals surface area contributed by atoms with Crippen molar-refractivity contribution in [2.45, 2.75) is 31.8 Å². The van der Waals surface area contributed by atoms with Crippen molar-refractivity contribution < 1.29 is 9.47 Å². The van der Waals surface area contributed by atoms with Gasteiger partial charge in [0.2, 0.25) is 0 Å². The first-order valence-corrected chi connectivity index (χ1v) is 4.70. The number of rotatable bonds is 2. The number of terminal acetylenes is 2. The number of hydrogen-bond donors (Lipinski definition) is 0. The fourth-order valence-electron chi connectivity index (χ4n) is 1.42. The van der Waals surface area contributed by atoms with E-state index in [1.165, 1.54) is 0 Å². The molecule has 1 fully saturated rings. The van der Waals surface area contributed by atoms with Gasteiger partial charge < -0.3 is 9.47 Å². The lowest BCUT2D eigenvalue weighted by atomic mass is 10.2. The topological polar surface area (TPSA) is 18.5 Å². The summed E-state index contributed by atoms with van der Waals surface area (Å²) in [4.78, 5) is 0. The summed E-state index contributed by atoms with van der Waals surface area (Å²) in [7, 11) is 0. The lowest BCUT2D eigenvalue weighted by Gasteiger charge is -2.15. The first-order valence-electron chi connectivity index (χ1n) is 4.70. The van der Waals surface area contributed by atoms with Crippen molar-refractivity contribution >= 4 is 0 Å². The van der Waals surface area contributed by atoms with E-state index in [0.717, 1.165) is 0 Å². The van der Waals surface area contributed by atoms with Gasteiger partial charge in [0.1, 0.15) is 12.2 Å². The van der Waals surface area contributed by atoms with Crippen molar-refractivity contribution in [1.82, 2.24) is 0 Å². The summed E-state index contributed by atoms with van der Waals surface area (Å²) in [5.41, 5.74) is 0. The predicted molar refractivity (Wildman–Crippen MR) is 59.8 cm³/mol. The highest BCUT2D eigenvalue weighted by Gasteiger charge is 2.38. The van der Waals surface area contributed by atoms with Gasteiger partial charge in [-0.3, -0.25) is 0 Å². The Labute approximate surface area is 91.0 Å². The minimum atomic E-state index is -0.604. The molecule has 1 rings (SSSR count). The molecular weight excluding hydrogens is 188 g/mol. The molecule has 1 saturated heterocycles. The summed E-state index contributed by atoms with van der Waals surface area (Å²) in [6, 6.07) is 0. The van der Waals surface area contributed by atoms with E-state index in [-0.39, 0.29) is 12.2 Å². The van der Waals surface area contributed by atoms with Crippen LogP contribution < -0.4 is 0 Å². The summed E-state index contributed by atoms with van der Waals surface area (Å²) < 4.78 is 11.3. The molecule has 2 atom stereocenters. The van der Waals surface area contributed by atoms with Crippen LogP contribution in [0.3, 0.4) is 0 Å². The predicted octanol–water partition coefficient (Wildman–Crippen LogP) is 1.89. The molecule has 0 aromatic rings. The number of hydrogen-bond acceptors (Lipinski definition) is 2. The SMILES string of the molecule is C#C/C=C/[C@@H]1OC(C)(C)O[C@H]1/C=C/C#C. The molecule has 0 spiro atoms. The van der Waals surface area contributed by atoms with Gasteiger partial charge in [-0.25, -0.2) is 0 Å². The molecule has 0 unspecified atom stereocenters. The van der Waals surface area contributed by atoms with Crippen LogP contribution in [0.4, 0.5) is 0 Å². The summed E-state index contributed by atoms with van der Waals surface area (Å²) in [5, 5.41) is 0. The third kappa shape index (κ3) is 3.29. The van der Waals surface area contributed by atoms with Gasteiger partial charge in [-0.05, 0) is 38.2 Å². The van der Waals surface area contributed by atoms with E-state index in [1.807, 2.05) is 13.8 Å². The van der Waals surface area contributed by atoms with Gasteiger partial charge in [0.25, 0.3) is 0 Å². The molecule has 1 heterocycles. The molecule has 2 nitrogen and oxygen atoms in total. The lowest BCUT2D eigenvalue weighted by Crippen LogP contribution is -2.20. The quantitative estimate of drug-likeness (QED) is 0.636. The second-order valence-electron chi connectivity index (χ2n) is 3.62. The van der Waals surface area contributed by atoms with Crippen LogP contribution in [-0.4, -0.2) is 18.0 Å². The highest BCUT2D eigenvalue weighted by atomic mass is 16.7. The van der Waals surface area contributed by atoms with Gasteiger partial charge in [-0.15, -0.1) is 12.8 Å². The van der Waals surface area contributed by atoms with Gasteiger partial charge in [-0.2, -0.15) is 0 Å². The molecule has 0 aromatic heterocycles. The first kappa shape index (κ1) is 11.6. The molecule has 78 valence electrons. The fourth-order valence-corrected chi connectivity index (χ4v) is 1.42. The molecule has 0 saturated carbocycles. The van der Waals surface area contributed by atoms with Crippen molar-refractivity contribution in [3.05, 3.63) is 24.3 Å². The Morgan fingerprint density at radius 1 is 1.00 bits per heavy atom. The number of allylic oxidation sites excluding steroid dienone is 2. The third-order valence-electron chi connectivity index (χ3n) is 1.93. The normalized spacial score (nSPS) is 29.3. The molecular formula is C13H14O2. The summed E-state index contributed by atoms with van der Waals surface area (Å²) >= 11 is 0. The molecule has 1 aliphatic rings. The molecule has 0 bridgehead atoms. The van der Waals surface area contributed by atoms with E-state index >= 15 is 0 Å². The van der Waals surface area contributed by atoms with Crippen molar-refractivity contribution in [2.75, 3.05) is 0 Å². The summed E-state index contributed by atoms with van der Waals surface area (Å²) in [6.07, 6.45) is 16.7. The van der Waals surface area contributed by atoms with Gasteiger partial charge in [0.05, 0.1) is 0 Å². The largest absolute Gasteiger partial charge is 0.340 e. The zero-order valence-electron chi connectivity index (χ0n) is 8.94.